The third kappa shape index (κ3) is 1.64. The standard InChI is InChI=1S/C14H15N3S/c1-2-18-9-10(1)11-3-13(6-15-5-11)17-8-12-4-14(17)7-16-12/h1-3,5-6,9,12,14,16H,4,7-8H2. The lowest BCUT2D eigenvalue weighted by molar-refractivity contribution is 0.580. The molecule has 0 saturated carbocycles. The molecule has 3 nitrogen and oxygen atoms in total. The minimum atomic E-state index is 0.662. The molecule has 2 aliphatic heterocycles. The van der Waals surface area contributed by atoms with E-state index in [2.05, 4.69) is 38.1 Å². The van der Waals surface area contributed by atoms with Gasteiger partial charge in [-0.3, -0.25) is 4.98 Å². The lowest BCUT2D eigenvalue weighted by Crippen LogP contribution is -2.43. The van der Waals surface area contributed by atoms with Gasteiger partial charge in [0.05, 0.1) is 11.9 Å². The SMILES string of the molecule is c1cc(-c2cncc(N3CC4CC3CN4)c2)cs1. The molecule has 2 saturated heterocycles. The van der Waals surface area contributed by atoms with Gasteiger partial charge in [0.15, 0.2) is 0 Å². The van der Waals surface area contributed by atoms with E-state index >= 15 is 0 Å². The van der Waals surface area contributed by atoms with Gasteiger partial charge in [-0.2, -0.15) is 11.3 Å². The van der Waals surface area contributed by atoms with E-state index in [0.29, 0.717) is 12.1 Å². The Morgan fingerprint density at radius 1 is 1.33 bits per heavy atom. The summed E-state index contributed by atoms with van der Waals surface area (Å²) in [7, 11) is 0. The molecule has 2 aromatic heterocycles. The first-order valence-corrected chi connectivity index (χ1v) is 7.32. The van der Waals surface area contributed by atoms with Crippen LogP contribution in [0.1, 0.15) is 6.42 Å². The molecule has 4 heterocycles. The lowest BCUT2D eigenvalue weighted by Gasteiger charge is -2.29. The van der Waals surface area contributed by atoms with Crippen molar-refractivity contribution < 1.29 is 0 Å². The Balaban J connectivity index is 1.68. The Morgan fingerprint density at radius 2 is 2.33 bits per heavy atom. The summed E-state index contributed by atoms with van der Waals surface area (Å²) in [5.41, 5.74) is 3.77. The number of pyridine rings is 1. The number of fused-ring (bicyclic) bond motifs is 2. The molecule has 0 amide bonds. The Kier molecular flexibility index (Phi) is 2.38. The summed E-state index contributed by atoms with van der Waals surface area (Å²) in [6, 6.07) is 5.77. The van der Waals surface area contributed by atoms with Crippen molar-refractivity contribution in [3.8, 4) is 11.1 Å². The minimum Gasteiger partial charge on any atom is -0.364 e. The summed E-state index contributed by atoms with van der Waals surface area (Å²) in [5, 5.41) is 7.83. The zero-order valence-corrected chi connectivity index (χ0v) is 10.9. The number of nitrogens with one attached hydrogen (secondary N) is 1. The summed E-state index contributed by atoms with van der Waals surface area (Å²) >= 11 is 1.73. The maximum Gasteiger partial charge on any atom is 0.0562 e. The van der Waals surface area contributed by atoms with Gasteiger partial charge in [-0.15, -0.1) is 0 Å². The average molecular weight is 257 g/mol. The molecule has 4 rings (SSSR count). The monoisotopic (exact) mass is 257 g/mol. The molecule has 18 heavy (non-hydrogen) atoms. The van der Waals surface area contributed by atoms with Gasteiger partial charge in [0.2, 0.25) is 0 Å². The number of nitrogens with zero attached hydrogens (tertiary/aromatic N) is 2. The largest absolute Gasteiger partial charge is 0.364 e. The molecule has 0 radical (unpaired) electrons. The minimum absolute atomic E-state index is 0.662. The highest BCUT2D eigenvalue weighted by Crippen LogP contribution is 2.31. The van der Waals surface area contributed by atoms with Crippen molar-refractivity contribution in [2.24, 2.45) is 0 Å². The fraction of sp³-hybridized carbons (Fsp3) is 0.357. The second kappa shape index (κ2) is 4.07. The van der Waals surface area contributed by atoms with Gasteiger partial charge in [0.25, 0.3) is 0 Å². The van der Waals surface area contributed by atoms with Crippen LogP contribution in [-0.2, 0) is 0 Å². The Hall–Kier alpha value is -1.39. The Bertz CT molecular complexity index is 552. The first-order chi connectivity index (χ1) is 8.90. The normalized spacial score (nSPS) is 25.9. The highest BCUT2D eigenvalue weighted by Gasteiger charge is 2.37. The zero-order chi connectivity index (χ0) is 11.9. The van der Waals surface area contributed by atoms with Crippen molar-refractivity contribution in [2.75, 3.05) is 18.0 Å². The Labute approximate surface area is 110 Å². The third-order valence-corrected chi connectivity index (χ3v) is 4.65. The second-order valence-electron chi connectivity index (χ2n) is 5.09. The summed E-state index contributed by atoms with van der Waals surface area (Å²) in [5.74, 6) is 0. The van der Waals surface area contributed by atoms with Crippen LogP contribution in [0.5, 0.6) is 0 Å². The highest BCUT2D eigenvalue weighted by atomic mass is 32.1. The van der Waals surface area contributed by atoms with Crippen LogP contribution >= 0.6 is 11.3 Å². The number of anilines is 1. The molecule has 4 heteroatoms. The van der Waals surface area contributed by atoms with Crippen molar-refractivity contribution in [2.45, 2.75) is 18.5 Å². The van der Waals surface area contributed by atoms with Crippen molar-refractivity contribution in [3.63, 3.8) is 0 Å². The van der Waals surface area contributed by atoms with Gasteiger partial charge in [-0.05, 0) is 34.9 Å². The number of hydrogen-bond acceptors (Lipinski definition) is 4. The lowest BCUT2D eigenvalue weighted by atomic mass is 10.1. The van der Waals surface area contributed by atoms with Crippen LogP contribution in [0, 0.1) is 0 Å². The number of hydrogen-bond donors (Lipinski definition) is 1. The van der Waals surface area contributed by atoms with Crippen molar-refractivity contribution in [1.82, 2.24) is 10.3 Å². The summed E-state index contributed by atoms with van der Waals surface area (Å²) in [6.45, 7) is 2.24. The van der Waals surface area contributed by atoms with Crippen LogP contribution in [0.2, 0.25) is 0 Å². The third-order valence-electron chi connectivity index (χ3n) is 3.97. The molecule has 2 aliphatic rings. The molecule has 0 spiro atoms. The van der Waals surface area contributed by atoms with E-state index < -0.39 is 0 Å². The van der Waals surface area contributed by atoms with Crippen molar-refractivity contribution in [1.29, 1.82) is 0 Å². The zero-order valence-electron chi connectivity index (χ0n) is 10.0. The highest BCUT2D eigenvalue weighted by molar-refractivity contribution is 7.08. The first-order valence-electron chi connectivity index (χ1n) is 6.38. The van der Waals surface area contributed by atoms with Crippen LogP contribution in [-0.4, -0.2) is 30.2 Å². The quantitative estimate of drug-likeness (QED) is 0.895. The first kappa shape index (κ1) is 10.5. The fourth-order valence-electron chi connectivity index (χ4n) is 3.05. The van der Waals surface area contributed by atoms with Gasteiger partial charge >= 0.3 is 0 Å². The van der Waals surface area contributed by atoms with Gasteiger partial charge in [0, 0.05) is 36.9 Å². The molecule has 2 aromatic rings. The van der Waals surface area contributed by atoms with E-state index in [1.807, 2.05) is 12.4 Å². The molecule has 0 aromatic carbocycles. The fourth-order valence-corrected chi connectivity index (χ4v) is 3.71. The van der Waals surface area contributed by atoms with Gasteiger partial charge in [0.1, 0.15) is 0 Å². The number of rotatable bonds is 2. The maximum absolute atomic E-state index is 4.41. The van der Waals surface area contributed by atoms with Crippen LogP contribution < -0.4 is 10.2 Å². The molecular formula is C14H15N3S. The van der Waals surface area contributed by atoms with Gasteiger partial charge < -0.3 is 10.2 Å². The van der Waals surface area contributed by atoms with Crippen LogP contribution in [0.25, 0.3) is 11.1 Å². The predicted molar refractivity (Wildman–Crippen MR) is 75.1 cm³/mol. The number of aromatic nitrogens is 1. The van der Waals surface area contributed by atoms with Crippen LogP contribution in [0.15, 0.2) is 35.3 Å². The molecule has 0 aliphatic carbocycles. The molecular weight excluding hydrogens is 242 g/mol. The van der Waals surface area contributed by atoms with Crippen LogP contribution in [0.3, 0.4) is 0 Å². The molecule has 2 bridgehead atoms. The topological polar surface area (TPSA) is 28.2 Å². The van der Waals surface area contributed by atoms with E-state index in [9.17, 15) is 0 Å². The second-order valence-corrected chi connectivity index (χ2v) is 5.87. The molecule has 92 valence electrons. The average Bonchev–Trinajstić information content (AvgIpc) is 3.15. The summed E-state index contributed by atoms with van der Waals surface area (Å²) in [4.78, 5) is 6.92. The van der Waals surface area contributed by atoms with Crippen LogP contribution in [0.4, 0.5) is 5.69 Å². The molecule has 2 atom stereocenters. The van der Waals surface area contributed by atoms with Gasteiger partial charge in [-0.1, -0.05) is 0 Å². The van der Waals surface area contributed by atoms with Crippen molar-refractivity contribution in [3.05, 3.63) is 35.3 Å². The Morgan fingerprint density at radius 3 is 3.06 bits per heavy atom. The number of thiophene rings is 1. The van der Waals surface area contributed by atoms with E-state index in [1.165, 1.54) is 23.2 Å². The summed E-state index contributed by atoms with van der Waals surface area (Å²) in [6.07, 6.45) is 5.23. The molecule has 2 unspecified atom stereocenters. The van der Waals surface area contributed by atoms with E-state index in [-0.39, 0.29) is 0 Å². The maximum atomic E-state index is 4.41. The predicted octanol–water partition coefficient (Wildman–Crippen LogP) is 2.36. The molecule has 2 fully saturated rings. The van der Waals surface area contributed by atoms with E-state index in [1.54, 1.807) is 11.3 Å². The van der Waals surface area contributed by atoms with E-state index in [0.717, 1.165) is 13.1 Å². The summed E-state index contributed by atoms with van der Waals surface area (Å²) < 4.78 is 0. The molecule has 1 N–H and O–H groups in total. The van der Waals surface area contributed by atoms with Crippen molar-refractivity contribution >= 4 is 17.0 Å². The number of piperazine rings is 1. The smallest absolute Gasteiger partial charge is 0.0562 e. The van der Waals surface area contributed by atoms with Gasteiger partial charge in [-0.25, -0.2) is 0 Å². The van der Waals surface area contributed by atoms with E-state index in [4.69, 9.17) is 0 Å².